The van der Waals surface area contributed by atoms with Gasteiger partial charge in [-0.1, -0.05) is 0 Å². The lowest BCUT2D eigenvalue weighted by atomic mass is 9.91. The Morgan fingerprint density at radius 1 is 0.800 bits per heavy atom. The SMILES string of the molecule is C#CC1OCC2(CO1)COC(C#C)OC2. The predicted molar refractivity (Wildman–Crippen MR) is 51.5 cm³/mol. The molecule has 2 rings (SSSR count). The van der Waals surface area contributed by atoms with Crippen molar-refractivity contribution < 1.29 is 18.9 Å². The third kappa shape index (κ3) is 2.14. The fourth-order valence-electron chi connectivity index (χ4n) is 1.55. The van der Waals surface area contributed by atoms with Crippen LogP contribution >= 0.6 is 0 Å². The number of hydrogen-bond acceptors (Lipinski definition) is 4. The Morgan fingerprint density at radius 3 is 1.40 bits per heavy atom. The maximum atomic E-state index is 5.32. The lowest BCUT2D eigenvalue weighted by Crippen LogP contribution is -2.51. The standard InChI is InChI=1S/C11H12O4/c1-3-9-12-5-11(6-13-9)7-14-10(4-2)15-8-11/h1-2,9-10H,5-8H2. The highest BCUT2D eigenvalue weighted by atomic mass is 16.7. The van der Waals surface area contributed by atoms with Crippen molar-refractivity contribution in [1.29, 1.82) is 0 Å². The van der Waals surface area contributed by atoms with Gasteiger partial charge in [-0.15, -0.1) is 12.8 Å². The molecule has 0 saturated carbocycles. The molecule has 0 aromatic rings. The van der Waals surface area contributed by atoms with Crippen molar-refractivity contribution in [3.8, 4) is 24.7 Å². The molecule has 4 nitrogen and oxygen atoms in total. The molecule has 0 radical (unpaired) electrons. The molecule has 0 unspecified atom stereocenters. The van der Waals surface area contributed by atoms with Crippen molar-refractivity contribution in [2.24, 2.45) is 5.41 Å². The minimum Gasteiger partial charge on any atom is -0.341 e. The summed E-state index contributed by atoms with van der Waals surface area (Å²) in [6, 6.07) is 0. The average molecular weight is 208 g/mol. The number of rotatable bonds is 0. The minimum atomic E-state index is -0.555. The molecular weight excluding hydrogens is 196 g/mol. The van der Waals surface area contributed by atoms with E-state index >= 15 is 0 Å². The summed E-state index contributed by atoms with van der Waals surface area (Å²) in [5.41, 5.74) is -0.263. The van der Waals surface area contributed by atoms with E-state index in [9.17, 15) is 0 Å². The first kappa shape index (κ1) is 10.5. The molecule has 4 heteroatoms. The van der Waals surface area contributed by atoms with Gasteiger partial charge in [0.15, 0.2) is 0 Å². The van der Waals surface area contributed by atoms with Gasteiger partial charge in [0.1, 0.15) is 0 Å². The van der Waals surface area contributed by atoms with E-state index in [1.165, 1.54) is 0 Å². The van der Waals surface area contributed by atoms with Crippen molar-refractivity contribution >= 4 is 0 Å². The van der Waals surface area contributed by atoms with Gasteiger partial charge in [0.2, 0.25) is 12.6 Å². The fraction of sp³-hybridized carbons (Fsp3) is 0.636. The third-order valence-electron chi connectivity index (χ3n) is 2.44. The largest absolute Gasteiger partial charge is 0.341 e. The molecule has 80 valence electrons. The molecule has 0 aromatic carbocycles. The highest BCUT2D eigenvalue weighted by molar-refractivity contribution is 4.96. The van der Waals surface area contributed by atoms with Crippen LogP contribution in [0.5, 0.6) is 0 Å². The Hall–Kier alpha value is -1.04. The van der Waals surface area contributed by atoms with Crippen LogP contribution in [0.2, 0.25) is 0 Å². The highest BCUT2D eigenvalue weighted by Gasteiger charge is 2.41. The van der Waals surface area contributed by atoms with Crippen LogP contribution in [0, 0.1) is 30.1 Å². The van der Waals surface area contributed by atoms with E-state index in [1.807, 2.05) is 0 Å². The van der Waals surface area contributed by atoms with Crippen molar-refractivity contribution in [1.82, 2.24) is 0 Å². The van der Waals surface area contributed by atoms with Crippen LogP contribution in [-0.4, -0.2) is 39.0 Å². The molecule has 0 bridgehead atoms. The van der Waals surface area contributed by atoms with Gasteiger partial charge in [-0.25, -0.2) is 0 Å². The van der Waals surface area contributed by atoms with E-state index in [0.717, 1.165) is 0 Å². The maximum absolute atomic E-state index is 5.32. The monoisotopic (exact) mass is 208 g/mol. The molecule has 2 aliphatic heterocycles. The van der Waals surface area contributed by atoms with Gasteiger partial charge in [0, 0.05) is 0 Å². The summed E-state index contributed by atoms with van der Waals surface area (Å²) in [6.45, 7) is 1.89. The second kappa shape index (κ2) is 4.22. The van der Waals surface area contributed by atoms with E-state index in [1.54, 1.807) is 0 Å². The zero-order chi connectivity index (χ0) is 10.7. The van der Waals surface area contributed by atoms with E-state index in [-0.39, 0.29) is 5.41 Å². The van der Waals surface area contributed by atoms with Gasteiger partial charge >= 0.3 is 0 Å². The average Bonchev–Trinajstić information content (AvgIpc) is 2.31. The fourth-order valence-corrected chi connectivity index (χ4v) is 1.55. The number of ether oxygens (including phenoxy) is 4. The molecule has 0 aromatic heterocycles. The summed E-state index contributed by atoms with van der Waals surface area (Å²) >= 11 is 0. The minimum absolute atomic E-state index is 0.263. The van der Waals surface area contributed by atoms with Crippen LogP contribution < -0.4 is 0 Å². The van der Waals surface area contributed by atoms with Gasteiger partial charge in [0.05, 0.1) is 31.8 Å². The Balaban J connectivity index is 1.90. The zero-order valence-corrected chi connectivity index (χ0v) is 8.27. The quantitative estimate of drug-likeness (QED) is 0.524. The van der Waals surface area contributed by atoms with Crippen LogP contribution in [0.4, 0.5) is 0 Å². The van der Waals surface area contributed by atoms with Crippen LogP contribution in [0.3, 0.4) is 0 Å². The first-order valence-electron chi connectivity index (χ1n) is 4.67. The van der Waals surface area contributed by atoms with Gasteiger partial charge in [-0.2, -0.15) is 0 Å². The summed E-state index contributed by atoms with van der Waals surface area (Å²) in [5, 5.41) is 0. The molecule has 15 heavy (non-hydrogen) atoms. The Bertz CT molecular complexity index is 260. The molecule has 0 N–H and O–H groups in total. The molecule has 2 heterocycles. The van der Waals surface area contributed by atoms with Crippen LogP contribution in [-0.2, 0) is 18.9 Å². The van der Waals surface area contributed by atoms with E-state index < -0.39 is 12.6 Å². The molecule has 0 amide bonds. The smallest absolute Gasteiger partial charge is 0.222 e. The van der Waals surface area contributed by atoms with E-state index in [0.29, 0.717) is 26.4 Å². The number of hydrogen-bond donors (Lipinski definition) is 0. The predicted octanol–water partition coefficient (Wildman–Crippen LogP) is -0.0150. The van der Waals surface area contributed by atoms with Crippen LogP contribution in [0.15, 0.2) is 0 Å². The summed E-state index contributed by atoms with van der Waals surface area (Å²) in [7, 11) is 0. The van der Waals surface area contributed by atoms with Gasteiger partial charge in [-0.05, 0) is 11.8 Å². The molecule has 2 saturated heterocycles. The molecule has 0 aliphatic carbocycles. The lowest BCUT2D eigenvalue weighted by molar-refractivity contribution is -0.278. The van der Waals surface area contributed by atoms with Gasteiger partial charge < -0.3 is 18.9 Å². The Labute approximate surface area is 88.8 Å². The first-order chi connectivity index (χ1) is 7.28. The maximum Gasteiger partial charge on any atom is 0.222 e. The van der Waals surface area contributed by atoms with Crippen molar-refractivity contribution in [3.63, 3.8) is 0 Å². The lowest BCUT2D eigenvalue weighted by Gasteiger charge is -2.41. The molecule has 1 spiro atoms. The van der Waals surface area contributed by atoms with Crippen molar-refractivity contribution in [2.45, 2.75) is 12.6 Å². The molecule has 2 aliphatic rings. The van der Waals surface area contributed by atoms with Crippen molar-refractivity contribution in [2.75, 3.05) is 26.4 Å². The first-order valence-corrected chi connectivity index (χ1v) is 4.67. The van der Waals surface area contributed by atoms with Gasteiger partial charge in [-0.3, -0.25) is 0 Å². The number of terminal acetylenes is 2. The van der Waals surface area contributed by atoms with Crippen LogP contribution in [0.1, 0.15) is 0 Å². The van der Waals surface area contributed by atoms with Crippen LogP contribution in [0.25, 0.3) is 0 Å². The van der Waals surface area contributed by atoms with E-state index in [2.05, 4.69) is 11.8 Å². The molecule has 2 fully saturated rings. The van der Waals surface area contributed by atoms with E-state index in [4.69, 9.17) is 31.8 Å². The topological polar surface area (TPSA) is 36.9 Å². The third-order valence-corrected chi connectivity index (χ3v) is 2.44. The van der Waals surface area contributed by atoms with Crippen molar-refractivity contribution in [3.05, 3.63) is 0 Å². The highest BCUT2D eigenvalue weighted by Crippen LogP contribution is 2.29. The summed E-state index contributed by atoms with van der Waals surface area (Å²) in [6.07, 6.45) is 9.24. The van der Waals surface area contributed by atoms with Gasteiger partial charge in [0.25, 0.3) is 0 Å². The summed E-state index contributed by atoms with van der Waals surface area (Å²) in [4.78, 5) is 0. The second-order valence-electron chi connectivity index (χ2n) is 3.74. The normalized spacial score (nSPS) is 40.7. The molecular formula is C11H12O4. The molecule has 0 atom stereocenters. The summed E-state index contributed by atoms with van der Waals surface area (Å²) < 4.78 is 21.3. The Kier molecular flexibility index (Phi) is 2.95. The summed E-state index contributed by atoms with van der Waals surface area (Å²) in [5.74, 6) is 4.77. The Morgan fingerprint density at radius 2 is 1.13 bits per heavy atom. The second-order valence-corrected chi connectivity index (χ2v) is 3.74. The zero-order valence-electron chi connectivity index (χ0n) is 8.27.